The van der Waals surface area contributed by atoms with E-state index in [4.69, 9.17) is 11.6 Å². The van der Waals surface area contributed by atoms with Crippen LogP contribution in [0.25, 0.3) is 0 Å². The van der Waals surface area contributed by atoms with E-state index in [1.54, 1.807) is 0 Å². The highest BCUT2D eigenvalue weighted by Crippen LogP contribution is 2.20. The van der Waals surface area contributed by atoms with E-state index in [0.29, 0.717) is 11.4 Å². The zero-order valence-electron chi connectivity index (χ0n) is 11.4. The average molecular weight is 305 g/mol. The fourth-order valence-electron chi connectivity index (χ4n) is 1.84. The first-order valence-electron chi connectivity index (χ1n) is 6.36. The molecule has 0 aliphatic heterocycles. The molecule has 1 unspecified atom stereocenters. The van der Waals surface area contributed by atoms with Gasteiger partial charge in [0.05, 0.1) is 6.04 Å². The van der Waals surface area contributed by atoms with E-state index in [9.17, 15) is 4.79 Å². The maximum absolute atomic E-state index is 11.8. The van der Waals surface area contributed by atoms with Crippen molar-refractivity contribution in [3.63, 3.8) is 0 Å². The van der Waals surface area contributed by atoms with Crippen LogP contribution >= 0.6 is 24.0 Å². The monoisotopic (exact) mass is 304 g/mol. The molecule has 0 radical (unpaired) electrons. The van der Waals surface area contributed by atoms with E-state index in [2.05, 4.69) is 17.6 Å². The van der Waals surface area contributed by atoms with Crippen LogP contribution in [0.1, 0.15) is 37.8 Å². The summed E-state index contributed by atoms with van der Waals surface area (Å²) in [6, 6.07) is 7.70. The van der Waals surface area contributed by atoms with Crippen LogP contribution in [0.15, 0.2) is 24.3 Å². The van der Waals surface area contributed by atoms with Gasteiger partial charge in [0.25, 0.3) is 0 Å². The average Bonchev–Trinajstić information content (AvgIpc) is 2.36. The molecule has 0 spiro atoms. The lowest BCUT2D eigenvalue weighted by Gasteiger charge is -2.17. The molecule has 0 saturated carbocycles. The first kappa shape index (κ1) is 18.2. The maximum atomic E-state index is 11.8. The Hall–Kier alpha value is -0.770. The highest BCUT2D eigenvalue weighted by Gasteiger charge is 2.12. The quantitative estimate of drug-likeness (QED) is 0.759. The molecular formula is C14H22Cl2N2O. The number of carbonyl (C=O) groups excluding carboxylic acids is 1. The minimum Gasteiger partial charge on any atom is -0.349 e. The molecule has 5 heteroatoms. The lowest BCUT2D eigenvalue weighted by molar-refractivity contribution is -0.121. The summed E-state index contributed by atoms with van der Waals surface area (Å²) in [7, 11) is 1.89. The van der Waals surface area contributed by atoms with Crippen LogP contribution in [0.2, 0.25) is 5.02 Å². The van der Waals surface area contributed by atoms with Crippen molar-refractivity contribution < 1.29 is 4.79 Å². The second kappa shape index (κ2) is 10.1. The van der Waals surface area contributed by atoms with E-state index in [0.717, 1.165) is 24.9 Å². The molecule has 0 fully saturated rings. The van der Waals surface area contributed by atoms with Gasteiger partial charge >= 0.3 is 0 Å². The Kier molecular flexibility index (Phi) is 9.66. The lowest BCUT2D eigenvalue weighted by Crippen LogP contribution is -2.28. The van der Waals surface area contributed by atoms with Gasteiger partial charge in [-0.15, -0.1) is 12.4 Å². The van der Waals surface area contributed by atoms with Crippen LogP contribution in [0.5, 0.6) is 0 Å². The summed E-state index contributed by atoms with van der Waals surface area (Å²) >= 11 is 5.96. The molecular weight excluding hydrogens is 283 g/mol. The number of amides is 1. The van der Waals surface area contributed by atoms with Gasteiger partial charge in [0, 0.05) is 11.4 Å². The largest absolute Gasteiger partial charge is 0.349 e. The van der Waals surface area contributed by atoms with Gasteiger partial charge in [-0.1, -0.05) is 30.7 Å². The Morgan fingerprint density at radius 3 is 2.74 bits per heavy atom. The van der Waals surface area contributed by atoms with Crippen molar-refractivity contribution in [2.45, 2.75) is 32.2 Å². The molecule has 0 aromatic heterocycles. The van der Waals surface area contributed by atoms with E-state index < -0.39 is 0 Å². The number of hydrogen-bond donors (Lipinski definition) is 2. The molecule has 1 amide bonds. The summed E-state index contributed by atoms with van der Waals surface area (Å²) in [6.45, 7) is 2.92. The van der Waals surface area contributed by atoms with Crippen LogP contribution < -0.4 is 10.6 Å². The summed E-state index contributed by atoms with van der Waals surface area (Å²) in [5, 5.41) is 6.78. The molecule has 108 valence electrons. The number of nitrogens with one attached hydrogen (secondary N) is 2. The summed E-state index contributed by atoms with van der Waals surface area (Å²) in [5.74, 6) is 0.0945. The normalized spacial score (nSPS) is 11.5. The molecule has 0 aliphatic rings. The summed E-state index contributed by atoms with van der Waals surface area (Å²) < 4.78 is 0. The second-order valence-electron chi connectivity index (χ2n) is 4.29. The van der Waals surface area contributed by atoms with Crippen LogP contribution in [0.3, 0.4) is 0 Å². The first-order chi connectivity index (χ1) is 8.67. The third kappa shape index (κ3) is 6.81. The van der Waals surface area contributed by atoms with Crippen molar-refractivity contribution >= 4 is 29.9 Å². The highest BCUT2D eigenvalue weighted by atomic mass is 35.5. The van der Waals surface area contributed by atoms with Gasteiger partial charge in [0.1, 0.15) is 0 Å². The molecule has 19 heavy (non-hydrogen) atoms. The van der Waals surface area contributed by atoms with Gasteiger partial charge in [-0.25, -0.2) is 0 Å². The SMILES string of the molecule is CCC(NC(=O)CCCNC)c1cccc(Cl)c1.Cl. The second-order valence-corrected chi connectivity index (χ2v) is 4.73. The smallest absolute Gasteiger partial charge is 0.220 e. The molecule has 1 aromatic rings. The predicted molar refractivity (Wildman–Crippen MR) is 83.0 cm³/mol. The van der Waals surface area contributed by atoms with Crippen molar-refractivity contribution in [3.8, 4) is 0 Å². The first-order valence-corrected chi connectivity index (χ1v) is 6.74. The topological polar surface area (TPSA) is 41.1 Å². The van der Waals surface area contributed by atoms with Crippen molar-refractivity contribution in [2.75, 3.05) is 13.6 Å². The van der Waals surface area contributed by atoms with Gasteiger partial charge in [0.2, 0.25) is 5.91 Å². The molecule has 3 nitrogen and oxygen atoms in total. The Morgan fingerprint density at radius 1 is 1.42 bits per heavy atom. The Bertz CT molecular complexity index is 385. The van der Waals surface area contributed by atoms with Gasteiger partial charge in [-0.2, -0.15) is 0 Å². The van der Waals surface area contributed by atoms with Crippen molar-refractivity contribution in [2.24, 2.45) is 0 Å². The molecule has 1 aromatic carbocycles. The molecule has 0 aliphatic carbocycles. The summed E-state index contributed by atoms with van der Waals surface area (Å²) in [5.41, 5.74) is 1.06. The van der Waals surface area contributed by atoms with Crippen molar-refractivity contribution in [3.05, 3.63) is 34.9 Å². The standard InChI is InChI=1S/C14H21ClN2O.ClH/c1-3-13(11-6-4-7-12(15)10-11)17-14(18)8-5-9-16-2;/h4,6-7,10,13,16H,3,5,8-9H2,1-2H3,(H,17,18);1H. The van der Waals surface area contributed by atoms with Crippen LogP contribution in [0, 0.1) is 0 Å². The van der Waals surface area contributed by atoms with E-state index in [1.165, 1.54) is 0 Å². The maximum Gasteiger partial charge on any atom is 0.220 e. The minimum atomic E-state index is 0. The van der Waals surface area contributed by atoms with Crippen molar-refractivity contribution in [1.29, 1.82) is 0 Å². The van der Waals surface area contributed by atoms with Gasteiger partial charge < -0.3 is 10.6 Å². The highest BCUT2D eigenvalue weighted by molar-refractivity contribution is 6.30. The van der Waals surface area contributed by atoms with E-state index >= 15 is 0 Å². The fraction of sp³-hybridized carbons (Fsp3) is 0.500. The number of hydrogen-bond acceptors (Lipinski definition) is 2. The number of rotatable bonds is 7. The third-order valence-electron chi connectivity index (χ3n) is 2.83. The van der Waals surface area contributed by atoms with Gasteiger partial charge in [-0.05, 0) is 44.1 Å². The molecule has 0 bridgehead atoms. The number of benzene rings is 1. The molecule has 0 heterocycles. The van der Waals surface area contributed by atoms with Crippen LogP contribution in [0.4, 0.5) is 0 Å². The van der Waals surface area contributed by atoms with E-state index in [1.807, 2.05) is 31.3 Å². The molecule has 2 N–H and O–H groups in total. The summed E-state index contributed by atoms with van der Waals surface area (Å²) in [4.78, 5) is 11.8. The molecule has 1 atom stereocenters. The zero-order chi connectivity index (χ0) is 13.4. The van der Waals surface area contributed by atoms with Gasteiger partial charge in [0.15, 0.2) is 0 Å². The van der Waals surface area contributed by atoms with Gasteiger partial charge in [-0.3, -0.25) is 4.79 Å². The Balaban J connectivity index is 0.00000324. The summed E-state index contributed by atoms with van der Waals surface area (Å²) in [6.07, 6.45) is 2.27. The third-order valence-corrected chi connectivity index (χ3v) is 3.06. The number of carbonyl (C=O) groups is 1. The molecule has 1 rings (SSSR count). The number of halogens is 2. The molecule has 0 saturated heterocycles. The fourth-order valence-corrected chi connectivity index (χ4v) is 2.04. The Labute approximate surface area is 126 Å². The lowest BCUT2D eigenvalue weighted by atomic mass is 10.0. The Morgan fingerprint density at radius 2 is 2.16 bits per heavy atom. The van der Waals surface area contributed by atoms with Crippen molar-refractivity contribution in [1.82, 2.24) is 10.6 Å². The predicted octanol–water partition coefficient (Wildman–Crippen LogP) is 3.33. The van der Waals surface area contributed by atoms with E-state index in [-0.39, 0.29) is 24.4 Å². The van der Waals surface area contributed by atoms with Crippen LogP contribution in [-0.2, 0) is 4.79 Å². The minimum absolute atomic E-state index is 0. The van der Waals surface area contributed by atoms with Crippen LogP contribution in [-0.4, -0.2) is 19.5 Å². The zero-order valence-corrected chi connectivity index (χ0v) is 13.0.